The molecule has 9 heteroatoms. The molecule has 1 amide bonds. The zero-order valence-corrected chi connectivity index (χ0v) is 20.4. The van der Waals surface area contributed by atoms with Gasteiger partial charge in [0.05, 0.1) is 22.9 Å². The Bertz CT molecular complexity index is 1050. The summed E-state index contributed by atoms with van der Waals surface area (Å²) >= 11 is 0. The first kappa shape index (κ1) is 24.9. The molecule has 1 saturated heterocycles. The normalized spacial score (nSPS) is 13.9. The van der Waals surface area contributed by atoms with Gasteiger partial charge < -0.3 is 19.7 Å². The summed E-state index contributed by atoms with van der Waals surface area (Å²) in [5, 5.41) is 2.87. The maximum Gasteiger partial charge on any atom is 0.262 e. The fraction of sp³-hybridized carbons (Fsp3) is 0.458. The molecule has 0 bridgehead atoms. The van der Waals surface area contributed by atoms with E-state index in [1.54, 1.807) is 44.2 Å². The van der Waals surface area contributed by atoms with Gasteiger partial charge in [-0.15, -0.1) is 0 Å². The van der Waals surface area contributed by atoms with Gasteiger partial charge in [0.15, 0.2) is 18.1 Å². The number of hydrogen-bond donors (Lipinski definition) is 1. The van der Waals surface area contributed by atoms with Crippen molar-refractivity contribution in [3.63, 3.8) is 0 Å². The number of nitrogens with one attached hydrogen (secondary N) is 1. The Labute approximate surface area is 196 Å². The molecule has 1 aliphatic heterocycles. The monoisotopic (exact) mass is 475 g/mol. The molecule has 0 radical (unpaired) electrons. The van der Waals surface area contributed by atoms with Gasteiger partial charge in [-0.1, -0.05) is 26.0 Å². The zero-order valence-electron chi connectivity index (χ0n) is 19.5. The number of carbonyl (C=O) groups is 1. The van der Waals surface area contributed by atoms with Crippen molar-refractivity contribution >= 4 is 27.3 Å². The molecule has 0 unspecified atom stereocenters. The van der Waals surface area contributed by atoms with Crippen LogP contribution in [0.2, 0.25) is 0 Å². The first-order valence-corrected chi connectivity index (χ1v) is 12.9. The number of nitrogens with zero attached hydrogens (tertiary/aromatic N) is 2. The Balaban J connectivity index is 1.83. The lowest BCUT2D eigenvalue weighted by molar-refractivity contribution is -0.118. The van der Waals surface area contributed by atoms with Gasteiger partial charge >= 0.3 is 0 Å². The Morgan fingerprint density at radius 3 is 2.24 bits per heavy atom. The SMILES string of the molecule is CCOc1ccccc1OCC(=O)Nc1cc(S(=O)(=O)N(CC)CC)ccc1N1CCCC1. The minimum atomic E-state index is -3.65. The van der Waals surface area contributed by atoms with Crippen molar-refractivity contribution in [2.45, 2.75) is 38.5 Å². The summed E-state index contributed by atoms with van der Waals surface area (Å²) in [7, 11) is -3.65. The van der Waals surface area contributed by atoms with Crippen molar-refractivity contribution in [1.82, 2.24) is 4.31 Å². The highest BCUT2D eigenvalue weighted by Gasteiger charge is 2.25. The van der Waals surface area contributed by atoms with Gasteiger partial charge in [0, 0.05) is 26.2 Å². The van der Waals surface area contributed by atoms with Crippen LogP contribution in [0.5, 0.6) is 11.5 Å². The number of para-hydroxylation sites is 2. The summed E-state index contributed by atoms with van der Waals surface area (Å²) in [4.78, 5) is 15.1. The van der Waals surface area contributed by atoms with E-state index in [-0.39, 0.29) is 17.4 Å². The van der Waals surface area contributed by atoms with E-state index in [1.165, 1.54) is 4.31 Å². The summed E-state index contributed by atoms with van der Waals surface area (Å²) in [6.45, 7) is 8.23. The van der Waals surface area contributed by atoms with Gasteiger partial charge in [0.25, 0.3) is 5.91 Å². The van der Waals surface area contributed by atoms with Crippen LogP contribution in [0.1, 0.15) is 33.6 Å². The van der Waals surface area contributed by atoms with Crippen LogP contribution in [-0.4, -0.2) is 58.0 Å². The summed E-state index contributed by atoms with van der Waals surface area (Å²) < 4.78 is 38.7. The maximum atomic E-state index is 13.0. The average Bonchev–Trinajstić information content (AvgIpc) is 3.34. The molecule has 1 N–H and O–H groups in total. The Hall–Kier alpha value is -2.78. The molecule has 1 heterocycles. The van der Waals surface area contributed by atoms with E-state index in [2.05, 4.69) is 10.2 Å². The van der Waals surface area contributed by atoms with Crippen LogP contribution in [0, 0.1) is 0 Å². The third-order valence-corrected chi connectivity index (χ3v) is 7.59. The molecular formula is C24H33N3O5S. The molecule has 0 aromatic heterocycles. The fourth-order valence-corrected chi connectivity index (χ4v) is 5.38. The third kappa shape index (κ3) is 5.97. The van der Waals surface area contributed by atoms with Crippen molar-refractivity contribution in [3.8, 4) is 11.5 Å². The minimum Gasteiger partial charge on any atom is -0.490 e. The van der Waals surface area contributed by atoms with E-state index in [9.17, 15) is 13.2 Å². The van der Waals surface area contributed by atoms with Crippen molar-refractivity contribution in [1.29, 1.82) is 0 Å². The van der Waals surface area contributed by atoms with Crippen LogP contribution >= 0.6 is 0 Å². The highest BCUT2D eigenvalue weighted by Crippen LogP contribution is 2.32. The number of carbonyl (C=O) groups excluding carboxylic acids is 1. The van der Waals surface area contributed by atoms with Crippen LogP contribution in [0.25, 0.3) is 0 Å². The second-order valence-corrected chi connectivity index (χ2v) is 9.62. The Kier molecular flexibility index (Phi) is 8.57. The molecule has 0 aliphatic carbocycles. The van der Waals surface area contributed by atoms with E-state index in [0.717, 1.165) is 31.6 Å². The molecule has 8 nitrogen and oxygen atoms in total. The van der Waals surface area contributed by atoms with Gasteiger partial charge in [-0.05, 0) is 50.1 Å². The number of sulfonamides is 1. The van der Waals surface area contributed by atoms with Gasteiger partial charge in [-0.3, -0.25) is 4.79 Å². The fourth-order valence-electron chi connectivity index (χ4n) is 3.90. The molecule has 0 atom stereocenters. The molecular weight excluding hydrogens is 442 g/mol. The highest BCUT2D eigenvalue weighted by molar-refractivity contribution is 7.89. The van der Waals surface area contributed by atoms with Crippen molar-refractivity contribution in [2.75, 3.05) is 49.6 Å². The molecule has 2 aromatic rings. The van der Waals surface area contributed by atoms with E-state index in [4.69, 9.17) is 9.47 Å². The quantitative estimate of drug-likeness (QED) is 0.533. The van der Waals surface area contributed by atoms with Gasteiger partial charge in [-0.2, -0.15) is 4.31 Å². The molecule has 33 heavy (non-hydrogen) atoms. The van der Waals surface area contributed by atoms with Crippen molar-refractivity contribution < 1.29 is 22.7 Å². The summed E-state index contributed by atoms with van der Waals surface area (Å²) in [6, 6.07) is 12.1. The predicted molar refractivity (Wildman–Crippen MR) is 130 cm³/mol. The number of amides is 1. The number of ether oxygens (including phenoxy) is 2. The lowest BCUT2D eigenvalue weighted by Gasteiger charge is -2.24. The van der Waals surface area contributed by atoms with E-state index >= 15 is 0 Å². The molecule has 2 aromatic carbocycles. The first-order chi connectivity index (χ1) is 15.9. The van der Waals surface area contributed by atoms with E-state index < -0.39 is 10.0 Å². The topological polar surface area (TPSA) is 88.2 Å². The minimum absolute atomic E-state index is 0.159. The summed E-state index contributed by atoms with van der Waals surface area (Å²) in [6.07, 6.45) is 2.12. The predicted octanol–water partition coefficient (Wildman–Crippen LogP) is 3.73. The summed E-state index contributed by atoms with van der Waals surface area (Å²) in [5.74, 6) is 0.670. The number of anilines is 2. The zero-order chi connectivity index (χ0) is 23.8. The van der Waals surface area contributed by atoms with Crippen LogP contribution in [0.4, 0.5) is 11.4 Å². The number of benzene rings is 2. The molecule has 3 rings (SSSR count). The van der Waals surface area contributed by atoms with Crippen LogP contribution in [-0.2, 0) is 14.8 Å². The van der Waals surface area contributed by atoms with Crippen LogP contribution < -0.4 is 19.7 Å². The molecule has 180 valence electrons. The standard InChI is InChI=1S/C24H33N3O5S/c1-4-27(5-2)33(29,30)19-13-14-21(26-15-9-10-16-26)20(17-19)25-24(28)18-32-23-12-8-7-11-22(23)31-6-3/h7-8,11-14,17H,4-6,9-10,15-16,18H2,1-3H3,(H,25,28). The molecule has 0 spiro atoms. The van der Waals surface area contributed by atoms with Crippen LogP contribution in [0.15, 0.2) is 47.4 Å². The molecule has 1 fully saturated rings. The number of hydrogen-bond acceptors (Lipinski definition) is 6. The van der Waals surface area contributed by atoms with Gasteiger partial charge in [-0.25, -0.2) is 8.42 Å². The maximum absolute atomic E-state index is 13.0. The largest absolute Gasteiger partial charge is 0.490 e. The summed E-state index contributed by atoms with van der Waals surface area (Å²) in [5.41, 5.74) is 1.28. The Morgan fingerprint density at radius 1 is 1.00 bits per heavy atom. The highest BCUT2D eigenvalue weighted by atomic mass is 32.2. The van der Waals surface area contributed by atoms with Gasteiger partial charge in [0.2, 0.25) is 10.0 Å². The molecule has 1 aliphatic rings. The third-order valence-electron chi connectivity index (χ3n) is 5.54. The molecule has 0 saturated carbocycles. The number of rotatable bonds is 11. The first-order valence-electron chi connectivity index (χ1n) is 11.4. The second kappa shape index (κ2) is 11.4. The van der Waals surface area contributed by atoms with E-state index in [1.807, 2.05) is 19.1 Å². The van der Waals surface area contributed by atoms with Crippen LogP contribution in [0.3, 0.4) is 0 Å². The second-order valence-electron chi connectivity index (χ2n) is 7.68. The smallest absolute Gasteiger partial charge is 0.262 e. The van der Waals surface area contributed by atoms with Crippen molar-refractivity contribution in [3.05, 3.63) is 42.5 Å². The average molecular weight is 476 g/mol. The lowest BCUT2D eigenvalue weighted by Crippen LogP contribution is -2.31. The van der Waals surface area contributed by atoms with E-state index in [0.29, 0.717) is 36.9 Å². The lowest BCUT2D eigenvalue weighted by atomic mass is 10.2. The Morgan fingerprint density at radius 2 is 1.64 bits per heavy atom. The van der Waals surface area contributed by atoms with Gasteiger partial charge in [0.1, 0.15) is 0 Å². The van der Waals surface area contributed by atoms with Crippen molar-refractivity contribution in [2.24, 2.45) is 0 Å².